The average Bonchev–Trinajstić information content (AvgIpc) is 2.64. The highest BCUT2D eigenvalue weighted by atomic mass is 79.9. The van der Waals surface area contributed by atoms with Crippen molar-refractivity contribution in [2.75, 3.05) is 26.2 Å². The van der Waals surface area contributed by atoms with Gasteiger partial charge in [0.25, 0.3) is 0 Å². The second kappa shape index (κ2) is 7.64. The number of ether oxygens (including phenoxy) is 1. The molecule has 2 nitrogen and oxygen atoms in total. The maximum absolute atomic E-state index is 5.85. The van der Waals surface area contributed by atoms with Gasteiger partial charge in [0.2, 0.25) is 0 Å². The van der Waals surface area contributed by atoms with Crippen LogP contribution in [-0.4, -0.2) is 31.1 Å². The number of hydrogen-bond donors (Lipinski definition) is 0. The van der Waals surface area contributed by atoms with Crippen molar-refractivity contribution in [2.45, 2.75) is 40.0 Å². The van der Waals surface area contributed by atoms with Gasteiger partial charge in [-0.3, -0.25) is 4.90 Å². The van der Waals surface area contributed by atoms with Gasteiger partial charge in [0.05, 0.1) is 0 Å². The summed E-state index contributed by atoms with van der Waals surface area (Å²) < 4.78 is 6.92. The largest absolute Gasteiger partial charge is 0.492 e. The van der Waals surface area contributed by atoms with E-state index in [1.807, 2.05) is 24.3 Å². The molecule has 0 bridgehead atoms. The number of likely N-dealkylation sites (tertiary alicyclic amines) is 1. The lowest BCUT2D eigenvalue weighted by molar-refractivity contribution is 0.192. The SMILES string of the molecule is CC(C)(C)C1CCCN(CCOc2cccc(Br)c2)CC1. The summed E-state index contributed by atoms with van der Waals surface area (Å²) in [6, 6.07) is 8.08. The molecule has 0 aliphatic carbocycles. The Kier molecular flexibility index (Phi) is 6.12. The van der Waals surface area contributed by atoms with Crippen molar-refractivity contribution >= 4 is 15.9 Å². The van der Waals surface area contributed by atoms with E-state index < -0.39 is 0 Å². The van der Waals surface area contributed by atoms with Crippen LogP contribution in [-0.2, 0) is 0 Å². The van der Waals surface area contributed by atoms with Gasteiger partial charge in [-0.2, -0.15) is 0 Å². The highest BCUT2D eigenvalue weighted by Crippen LogP contribution is 2.34. The zero-order valence-electron chi connectivity index (χ0n) is 13.6. The molecule has 0 radical (unpaired) electrons. The summed E-state index contributed by atoms with van der Waals surface area (Å²) in [5, 5.41) is 0. The molecule has 2 rings (SSSR count). The summed E-state index contributed by atoms with van der Waals surface area (Å²) in [5.41, 5.74) is 0.447. The van der Waals surface area contributed by atoms with Gasteiger partial charge in [0.15, 0.2) is 0 Å². The van der Waals surface area contributed by atoms with Crippen LogP contribution in [0.2, 0.25) is 0 Å². The molecule has 1 aromatic carbocycles. The first-order valence-electron chi connectivity index (χ1n) is 8.06. The summed E-state index contributed by atoms with van der Waals surface area (Å²) >= 11 is 3.48. The van der Waals surface area contributed by atoms with E-state index in [9.17, 15) is 0 Å². The fourth-order valence-electron chi connectivity index (χ4n) is 3.09. The maximum Gasteiger partial charge on any atom is 0.120 e. The Morgan fingerprint density at radius 2 is 2.05 bits per heavy atom. The van der Waals surface area contributed by atoms with Gasteiger partial charge in [-0.25, -0.2) is 0 Å². The quantitative estimate of drug-likeness (QED) is 0.756. The first kappa shape index (κ1) is 16.8. The molecule has 21 heavy (non-hydrogen) atoms. The third-order valence-electron chi connectivity index (χ3n) is 4.52. The summed E-state index contributed by atoms with van der Waals surface area (Å²) in [6.07, 6.45) is 4.01. The van der Waals surface area contributed by atoms with Crippen LogP contribution in [0.5, 0.6) is 5.75 Å². The molecule has 1 aromatic rings. The van der Waals surface area contributed by atoms with Gasteiger partial charge in [-0.05, 0) is 61.9 Å². The van der Waals surface area contributed by atoms with Gasteiger partial charge >= 0.3 is 0 Å². The molecule has 1 unspecified atom stereocenters. The van der Waals surface area contributed by atoms with E-state index in [0.717, 1.165) is 29.3 Å². The minimum absolute atomic E-state index is 0.447. The lowest BCUT2D eigenvalue weighted by Gasteiger charge is -2.29. The molecule has 1 saturated heterocycles. The maximum atomic E-state index is 5.85. The monoisotopic (exact) mass is 353 g/mol. The van der Waals surface area contributed by atoms with E-state index in [2.05, 4.69) is 41.6 Å². The molecular formula is C18H28BrNO. The molecule has 0 N–H and O–H groups in total. The predicted molar refractivity (Wildman–Crippen MR) is 92.9 cm³/mol. The molecule has 1 heterocycles. The summed E-state index contributed by atoms with van der Waals surface area (Å²) in [6.45, 7) is 11.4. The highest BCUT2D eigenvalue weighted by Gasteiger charge is 2.26. The topological polar surface area (TPSA) is 12.5 Å². The van der Waals surface area contributed by atoms with Crippen molar-refractivity contribution in [3.05, 3.63) is 28.7 Å². The van der Waals surface area contributed by atoms with Crippen molar-refractivity contribution in [2.24, 2.45) is 11.3 Å². The lowest BCUT2D eigenvalue weighted by Crippen LogP contribution is -2.30. The van der Waals surface area contributed by atoms with Gasteiger partial charge in [0, 0.05) is 11.0 Å². The van der Waals surface area contributed by atoms with Crippen LogP contribution in [0, 0.1) is 11.3 Å². The van der Waals surface area contributed by atoms with Crippen LogP contribution in [0.15, 0.2) is 28.7 Å². The smallest absolute Gasteiger partial charge is 0.120 e. The van der Waals surface area contributed by atoms with Gasteiger partial charge in [-0.1, -0.05) is 42.8 Å². The molecule has 1 aliphatic rings. The summed E-state index contributed by atoms with van der Waals surface area (Å²) in [7, 11) is 0. The number of hydrogen-bond acceptors (Lipinski definition) is 2. The van der Waals surface area contributed by atoms with Gasteiger partial charge in [0.1, 0.15) is 12.4 Å². The molecule has 118 valence electrons. The normalized spacial score (nSPS) is 21.0. The minimum atomic E-state index is 0.447. The molecular weight excluding hydrogens is 326 g/mol. The van der Waals surface area contributed by atoms with E-state index >= 15 is 0 Å². The minimum Gasteiger partial charge on any atom is -0.492 e. The van der Waals surface area contributed by atoms with Crippen molar-refractivity contribution in [1.29, 1.82) is 0 Å². The number of halogens is 1. The van der Waals surface area contributed by atoms with Crippen molar-refractivity contribution in [3.8, 4) is 5.75 Å². The van der Waals surface area contributed by atoms with E-state index in [0.29, 0.717) is 5.41 Å². The molecule has 0 saturated carbocycles. The Morgan fingerprint density at radius 3 is 2.76 bits per heavy atom. The Hall–Kier alpha value is -0.540. The third kappa shape index (κ3) is 5.63. The number of benzene rings is 1. The van der Waals surface area contributed by atoms with Gasteiger partial charge < -0.3 is 4.74 Å². The van der Waals surface area contributed by atoms with Crippen molar-refractivity contribution in [3.63, 3.8) is 0 Å². The van der Waals surface area contributed by atoms with Crippen LogP contribution in [0.3, 0.4) is 0 Å². The predicted octanol–water partition coefficient (Wildman–Crippen LogP) is 4.98. The van der Waals surface area contributed by atoms with Crippen LogP contribution in [0.4, 0.5) is 0 Å². The first-order chi connectivity index (χ1) is 9.95. The summed E-state index contributed by atoms with van der Waals surface area (Å²) in [5.74, 6) is 1.81. The standard InChI is InChI=1S/C18H28BrNO/c1-18(2,3)15-6-5-10-20(11-9-15)12-13-21-17-8-4-7-16(19)14-17/h4,7-8,14-15H,5-6,9-13H2,1-3H3. The molecule has 0 aromatic heterocycles. The second-order valence-electron chi connectivity index (χ2n) is 7.14. The molecule has 3 heteroatoms. The van der Waals surface area contributed by atoms with Crippen LogP contribution >= 0.6 is 15.9 Å². The van der Waals surface area contributed by atoms with Crippen molar-refractivity contribution < 1.29 is 4.74 Å². The molecule has 1 atom stereocenters. The highest BCUT2D eigenvalue weighted by molar-refractivity contribution is 9.10. The van der Waals surface area contributed by atoms with Crippen LogP contribution in [0.1, 0.15) is 40.0 Å². The van der Waals surface area contributed by atoms with Crippen LogP contribution in [0.25, 0.3) is 0 Å². The lowest BCUT2D eigenvalue weighted by atomic mass is 9.77. The Labute approximate surface area is 138 Å². The third-order valence-corrected chi connectivity index (χ3v) is 5.01. The molecule has 0 amide bonds. The Balaban J connectivity index is 1.74. The Morgan fingerprint density at radius 1 is 1.24 bits per heavy atom. The second-order valence-corrected chi connectivity index (χ2v) is 8.06. The fraction of sp³-hybridized carbons (Fsp3) is 0.667. The van der Waals surface area contributed by atoms with E-state index in [-0.39, 0.29) is 0 Å². The zero-order chi connectivity index (χ0) is 15.3. The number of rotatable bonds is 4. The fourth-order valence-corrected chi connectivity index (χ4v) is 3.47. The van der Waals surface area contributed by atoms with Gasteiger partial charge in [-0.15, -0.1) is 0 Å². The van der Waals surface area contributed by atoms with E-state index in [4.69, 9.17) is 4.74 Å². The molecule has 0 spiro atoms. The molecule has 1 fully saturated rings. The zero-order valence-corrected chi connectivity index (χ0v) is 15.2. The van der Waals surface area contributed by atoms with Crippen molar-refractivity contribution in [1.82, 2.24) is 4.90 Å². The average molecular weight is 354 g/mol. The van der Waals surface area contributed by atoms with E-state index in [1.165, 1.54) is 32.4 Å². The van der Waals surface area contributed by atoms with E-state index in [1.54, 1.807) is 0 Å². The number of nitrogens with zero attached hydrogens (tertiary/aromatic N) is 1. The van der Waals surface area contributed by atoms with Crippen LogP contribution < -0.4 is 4.74 Å². The first-order valence-corrected chi connectivity index (χ1v) is 8.85. The molecule has 1 aliphatic heterocycles. The Bertz CT molecular complexity index is 441. The summed E-state index contributed by atoms with van der Waals surface area (Å²) in [4.78, 5) is 2.56.